The molecule has 0 amide bonds. The summed E-state index contributed by atoms with van der Waals surface area (Å²) in [4.78, 5) is 0. The van der Waals surface area contributed by atoms with E-state index in [0.717, 1.165) is 0 Å². The molecule has 0 bridgehead atoms. The van der Waals surface area contributed by atoms with E-state index in [4.69, 9.17) is 0 Å². The van der Waals surface area contributed by atoms with E-state index in [1.54, 1.807) is 0 Å². The molecule has 0 unspecified atom stereocenters. The molecule has 0 aliphatic heterocycles. The molecule has 0 saturated carbocycles. The Hall–Kier alpha value is 1.69. The van der Waals surface area contributed by atoms with Crippen LogP contribution >= 0.6 is 0 Å². The van der Waals surface area contributed by atoms with Gasteiger partial charge in [0.15, 0.2) is 0 Å². The fraction of sp³-hybridized carbons (Fsp3) is 0. The molecule has 4 heteroatoms. The second-order valence-electron chi connectivity index (χ2n) is 0. The van der Waals surface area contributed by atoms with Crippen LogP contribution in [0.2, 0.25) is 0 Å². The Kier molecular flexibility index (Phi) is 246. The first kappa shape index (κ1) is 43.9. The summed E-state index contributed by atoms with van der Waals surface area (Å²) in [5.74, 6) is 0. The van der Waals surface area contributed by atoms with E-state index in [0.29, 0.717) is 0 Å². The zero-order valence-corrected chi connectivity index (χ0v) is 6.73. The van der Waals surface area contributed by atoms with Crippen molar-refractivity contribution < 1.29 is 63.4 Å². The van der Waals surface area contributed by atoms with Crippen molar-refractivity contribution in [3.63, 3.8) is 0 Å². The summed E-state index contributed by atoms with van der Waals surface area (Å²) in [7, 11) is 0. The summed E-state index contributed by atoms with van der Waals surface area (Å²) in [6.45, 7) is 0. The van der Waals surface area contributed by atoms with Gasteiger partial charge in [-0.3, -0.25) is 0 Å². The van der Waals surface area contributed by atoms with Crippen molar-refractivity contribution in [1.29, 1.82) is 0 Å². The molecule has 0 spiro atoms. The minimum atomic E-state index is 0. The molecule has 0 saturated heterocycles. The van der Waals surface area contributed by atoms with Gasteiger partial charge < -0.3 is 11.0 Å². The van der Waals surface area contributed by atoms with Gasteiger partial charge in [0.2, 0.25) is 0 Å². The molecule has 0 atom stereocenters. The zero-order chi connectivity index (χ0) is 0. The zero-order valence-electron chi connectivity index (χ0n) is 1.82. The van der Waals surface area contributed by atoms with Crippen molar-refractivity contribution in [2.75, 3.05) is 0 Å². The minimum absolute atomic E-state index is 0. The molecule has 0 aromatic heterocycles. The molecule has 0 aromatic rings. The van der Waals surface area contributed by atoms with Crippen LogP contribution in [0.5, 0.6) is 0 Å². The summed E-state index contributed by atoms with van der Waals surface area (Å²) >= 11 is 0. The predicted octanol–water partition coefficient (Wildman–Crippen LogP) is -0.243. The number of rotatable bonds is 0. The van der Waals surface area contributed by atoms with E-state index < -0.39 is 0 Å². The van der Waals surface area contributed by atoms with Gasteiger partial charge in [-0.25, -0.2) is 0 Å². The van der Waals surface area contributed by atoms with Gasteiger partial charge in [-0.05, 0) is 0 Å². The Morgan fingerprint density at radius 3 is 0.500 bits per heavy atom. The van der Waals surface area contributed by atoms with E-state index in [9.17, 15) is 0 Å². The maximum Gasteiger partial charge on any atom is 4.00 e. The van der Waals surface area contributed by atoms with Gasteiger partial charge in [-0.2, -0.15) is 0 Å². The first-order valence-corrected chi connectivity index (χ1v) is 0. The normalized spacial score (nSPS) is 0. The summed E-state index contributed by atoms with van der Waals surface area (Å²) in [6.07, 6.45) is 0. The largest absolute Gasteiger partial charge is 4.00 e. The Labute approximate surface area is 62.8 Å². The molecule has 0 rings (SSSR count). The van der Waals surface area contributed by atoms with E-state index in [1.807, 2.05) is 0 Å². The Bertz CT molecular complexity index is 4.00. The van der Waals surface area contributed by atoms with Crippen molar-refractivity contribution in [2.45, 2.75) is 0 Å². The number of hydrogen-bond donors (Lipinski definition) is 0. The van der Waals surface area contributed by atoms with Crippen molar-refractivity contribution in [1.82, 2.24) is 0 Å². The van der Waals surface area contributed by atoms with Crippen LogP contribution in [-0.2, 0) is 63.4 Å². The smallest absolute Gasteiger partial charge is 2.00 e. The molecular weight excluding hydrogens is 214 g/mol. The van der Waals surface area contributed by atoms with Crippen molar-refractivity contribution in [3.8, 4) is 0 Å². The monoisotopic (exact) mass is 212 g/mol. The van der Waals surface area contributed by atoms with Gasteiger partial charge in [-0.1, -0.05) is 0 Å². The minimum Gasteiger partial charge on any atom is -2.00 e. The van der Waals surface area contributed by atoms with Crippen LogP contribution < -0.4 is 0 Å². The second kappa shape index (κ2) is 22.4. The third-order valence-electron chi connectivity index (χ3n) is 0. The molecular formula is O2Zr2+4. The summed E-state index contributed by atoms with van der Waals surface area (Å²) in [6, 6.07) is 0. The van der Waals surface area contributed by atoms with Gasteiger partial charge in [0.05, 0.1) is 0 Å². The predicted molar refractivity (Wildman–Crippen MR) is 1.37 cm³/mol. The quantitative estimate of drug-likeness (QED) is 0.534. The average molecular weight is 214 g/mol. The van der Waals surface area contributed by atoms with Crippen molar-refractivity contribution in [2.24, 2.45) is 0 Å². The van der Waals surface area contributed by atoms with Crippen LogP contribution in [-0.4, -0.2) is 0 Å². The van der Waals surface area contributed by atoms with E-state index in [2.05, 4.69) is 0 Å². The maximum absolute atomic E-state index is 0. The van der Waals surface area contributed by atoms with E-state index >= 15 is 0 Å². The summed E-state index contributed by atoms with van der Waals surface area (Å²) in [5.41, 5.74) is 0. The molecule has 0 aromatic carbocycles. The van der Waals surface area contributed by atoms with Crippen molar-refractivity contribution in [3.05, 3.63) is 0 Å². The van der Waals surface area contributed by atoms with Crippen LogP contribution in [0.3, 0.4) is 0 Å². The molecule has 2 nitrogen and oxygen atoms in total. The average Bonchev–Trinajstić information content (AvgIpc) is 0. The molecule has 0 N–H and O–H groups in total. The molecule has 0 aliphatic rings. The van der Waals surface area contributed by atoms with Gasteiger partial charge in [-0.15, -0.1) is 0 Å². The molecule has 4 heavy (non-hydrogen) atoms. The second-order valence-corrected chi connectivity index (χ2v) is 0. The van der Waals surface area contributed by atoms with Crippen molar-refractivity contribution >= 4 is 0 Å². The number of hydrogen-bond acceptors (Lipinski definition) is 0. The van der Waals surface area contributed by atoms with Crippen LogP contribution in [0, 0.1) is 0 Å². The fourth-order valence-corrected chi connectivity index (χ4v) is 0. The SMILES string of the molecule is [O-2].[O-2].[Zr+4].[Zr+4]. The molecule has 0 radical (unpaired) electrons. The molecule has 0 aliphatic carbocycles. The van der Waals surface area contributed by atoms with Crippen LogP contribution in [0.15, 0.2) is 0 Å². The van der Waals surface area contributed by atoms with Gasteiger partial charge >= 0.3 is 52.4 Å². The third kappa shape index (κ3) is 9.35. The Morgan fingerprint density at radius 2 is 0.500 bits per heavy atom. The van der Waals surface area contributed by atoms with Gasteiger partial charge in [0.1, 0.15) is 0 Å². The van der Waals surface area contributed by atoms with Gasteiger partial charge in [0.25, 0.3) is 0 Å². The topological polar surface area (TPSA) is 57.0 Å². The molecule has 16 valence electrons. The molecule has 0 fully saturated rings. The first-order chi connectivity index (χ1) is 0. The standard InChI is InChI=1S/2O.2Zr/q2*-2;2*+4. The van der Waals surface area contributed by atoms with E-state index in [1.165, 1.54) is 0 Å². The Balaban J connectivity index is 0. The first-order valence-electron chi connectivity index (χ1n) is 0. The summed E-state index contributed by atoms with van der Waals surface area (Å²) in [5, 5.41) is 0. The maximum atomic E-state index is 0. The Morgan fingerprint density at radius 1 is 0.500 bits per heavy atom. The van der Waals surface area contributed by atoms with Gasteiger partial charge in [0, 0.05) is 0 Å². The fourth-order valence-electron chi connectivity index (χ4n) is 0. The molecule has 0 heterocycles. The van der Waals surface area contributed by atoms with Crippen LogP contribution in [0.1, 0.15) is 0 Å². The summed E-state index contributed by atoms with van der Waals surface area (Å²) < 4.78 is 0. The van der Waals surface area contributed by atoms with E-state index in [-0.39, 0.29) is 63.4 Å². The van der Waals surface area contributed by atoms with Crippen LogP contribution in [0.4, 0.5) is 0 Å². The third-order valence-corrected chi connectivity index (χ3v) is 0. The van der Waals surface area contributed by atoms with Crippen LogP contribution in [0.25, 0.3) is 0 Å².